The van der Waals surface area contributed by atoms with Gasteiger partial charge in [0.05, 0.1) is 71.2 Å². The molecule has 0 spiro atoms. The Morgan fingerprint density at radius 2 is 0.929 bits per heavy atom. The fraction of sp³-hybridized carbons (Fsp3) is 0.359. The van der Waals surface area contributed by atoms with Crippen LogP contribution < -0.4 is 29.8 Å². The van der Waals surface area contributed by atoms with Crippen molar-refractivity contribution in [1.29, 1.82) is 0 Å². The zero-order chi connectivity index (χ0) is 40.0. The lowest BCUT2D eigenvalue weighted by Gasteiger charge is -2.32. The minimum Gasteiger partial charge on any atom is -0.748 e. The lowest BCUT2D eigenvalue weighted by atomic mass is 10.2. The van der Waals surface area contributed by atoms with Gasteiger partial charge in [0.25, 0.3) is 0 Å². The highest BCUT2D eigenvalue weighted by Crippen LogP contribution is 2.50. The van der Waals surface area contributed by atoms with Crippen LogP contribution in [-0.4, -0.2) is 101 Å². The molecule has 0 saturated carbocycles. The molecule has 2 aliphatic rings. The Kier molecular flexibility index (Phi) is 20.2. The van der Waals surface area contributed by atoms with Gasteiger partial charge in [0, 0.05) is 103 Å². The number of nitrogens with zero attached hydrogens (tertiary/aromatic N) is 3. The normalized spacial score (nSPS) is 11.9. The summed E-state index contributed by atoms with van der Waals surface area (Å²) in [5.41, 5.74) is 9.22. The molecule has 0 saturated heterocycles. The SMILES string of the molecule is C.C.C.CC(=O)N1c2ccc(N(C)C)cc2Sc2cc(N(C)C)ccc21.CS(=O)(=O)[O-].CS(=O)(=O)[O-].C[NH+](C)c1ccc2c(c1)Sc1cc([NH+](C)C)ccc1N2. The molecular weight excluding hydrogens is 793 g/mol. The van der Waals surface area contributed by atoms with Gasteiger partial charge in [-0.1, -0.05) is 45.8 Å². The van der Waals surface area contributed by atoms with E-state index in [2.05, 4.69) is 104 Å². The van der Waals surface area contributed by atoms with Gasteiger partial charge in [-0.05, 0) is 48.5 Å². The van der Waals surface area contributed by atoms with Gasteiger partial charge in [-0.3, -0.25) is 9.69 Å². The summed E-state index contributed by atoms with van der Waals surface area (Å²) in [6.07, 6.45) is 1.21. The molecule has 56 heavy (non-hydrogen) atoms. The Morgan fingerprint density at radius 3 is 1.21 bits per heavy atom. The van der Waals surface area contributed by atoms with E-state index in [-0.39, 0.29) is 28.2 Å². The van der Waals surface area contributed by atoms with E-state index >= 15 is 0 Å². The van der Waals surface area contributed by atoms with Gasteiger partial charge in [0.2, 0.25) is 5.91 Å². The van der Waals surface area contributed by atoms with Crippen LogP contribution in [0.2, 0.25) is 0 Å². The number of amides is 1. The molecule has 0 atom stereocenters. The van der Waals surface area contributed by atoms with E-state index in [9.17, 15) is 4.79 Å². The molecule has 1 amide bonds. The number of hydrogen-bond donors (Lipinski definition) is 3. The fourth-order valence-electron chi connectivity index (χ4n) is 4.99. The zero-order valence-electron chi connectivity index (χ0n) is 31.8. The molecule has 4 aromatic rings. The van der Waals surface area contributed by atoms with Crippen LogP contribution in [0.4, 0.5) is 45.5 Å². The van der Waals surface area contributed by atoms with Crippen LogP contribution in [0.25, 0.3) is 0 Å². The minimum absolute atomic E-state index is 0. The van der Waals surface area contributed by atoms with Crippen molar-refractivity contribution in [3.05, 3.63) is 72.8 Å². The topological polar surface area (TPSA) is 162 Å². The van der Waals surface area contributed by atoms with Crippen molar-refractivity contribution >= 4 is 95.2 Å². The van der Waals surface area contributed by atoms with Crippen LogP contribution >= 0.6 is 23.5 Å². The van der Waals surface area contributed by atoms with Gasteiger partial charge in [-0.15, -0.1) is 0 Å². The van der Waals surface area contributed by atoms with Crippen molar-refractivity contribution in [3.63, 3.8) is 0 Å². The standard InChI is InChI=1S/C18H21N3OS.C16H19N3S.2CH4O3S.3CH4/c1-12(22)21-15-8-6-13(19(2)3)10-17(15)23-18-11-14(20(4)5)7-9-16(18)21;1-18(2)11-5-7-13-15(9-11)20-16-10-12(19(3)4)6-8-14(16)17-13;2*1-5(2,3)4;;;/h6-11H,1-5H3;5-10,17H,1-4H3;2*1H3,(H,2,3,4);3*1H4. The van der Waals surface area contributed by atoms with E-state index in [0.29, 0.717) is 12.5 Å². The number of fused-ring (bicyclic) bond motifs is 4. The van der Waals surface area contributed by atoms with Crippen LogP contribution in [0.1, 0.15) is 29.2 Å². The van der Waals surface area contributed by atoms with Gasteiger partial charge in [0.15, 0.2) is 0 Å². The smallest absolute Gasteiger partial charge is 0.228 e. The molecule has 6 rings (SSSR count). The highest BCUT2D eigenvalue weighted by atomic mass is 32.2. The second-order valence-electron chi connectivity index (χ2n) is 13.1. The summed E-state index contributed by atoms with van der Waals surface area (Å²) >= 11 is 3.58. The zero-order valence-corrected chi connectivity index (χ0v) is 35.0. The summed E-state index contributed by atoms with van der Waals surface area (Å²) < 4.78 is 54.5. The van der Waals surface area contributed by atoms with Crippen molar-refractivity contribution in [2.45, 2.75) is 48.8 Å². The number of rotatable bonds is 4. The Hall–Kier alpha value is -3.81. The molecule has 0 fully saturated rings. The molecule has 4 aromatic carbocycles. The fourth-order valence-corrected chi connectivity index (χ4v) is 7.18. The summed E-state index contributed by atoms with van der Waals surface area (Å²) in [7, 11) is 8.89. The molecule has 0 unspecified atom stereocenters. The Balaban J connectivity index is 0.000000839. The van der Waals surface area contributed by atoms with E-state index < -0.39 is 20.2 Å². The summed E-state index contributed by atoms with van der Waals surface area (Å²) in [6.45, 7) is 1.61. The van der Waals surface area contributed by atoms with E-state index in [1.165, 1.54) is 42.3 Å². The third kappa shape index (κ3) is 15.6. The lowest BCUT2D eigenvalue weighted by molar-refractivity contribution is -0.786. The molecule has 0 bridgehead atoms. The molecule has 17 heteroatoms. The van der Waals surface area contributed by atoms with Gasteiger partial charge in [-0.25, -0.2) is 16.8 Å². The van der Waals surface area contributed by atoms with Crippen LogP contribution in [0.3, 0.4) is 0 Å². The Labute approximate surface area is 344 Å². The second kappa shape index (κ2) is 21.6. The lowest BCUT2D eigenvalue weighted by Crippen LogP contribution is -3.00. The van der Waals surface area contributed by atoms with Gasteiger partial charge in [-0.2, -0.15) is 0 Å². The predicted molar refractivity (Wildman–Crippen MR) is 235 cm³/mol. The largest absolute Gasteiger partial charge is 0.748 e. The van der Waals surface area contributed by atoms with Crippen LogP contribution in [-0.2, 0) is 25.0 Å². The summed E-state index contributed by atoms with van der Waals surface area (Å²) in [4.78, 5) is 25.7. The number of quaternary nitrogens is 2. The molecule has 13 nitrogen and oxygen atoms in total. The van der Waals surface area contributed by atoms with Crippen molar-refractivity contribution in [2.75, 3.05) is 88.9 Å². The third-order valence-electron chi connectivity index (χ3n) is 7.54. The predicted octanol–water partition coefficient (Wildman–Crippen LogP) is 5.65. The highest BCUT2D eigenvalue weighted by molar-refractivity contribution is 8.00. The summed E-state index contributed by atoms with van der Waals surface area (Å²) in [6, 6.07) is 25.7. The number of anilines is 6. The van der Waals surface area contributed by atoms with E-state index in [1.807, 2.05) is 52.1 Å². The Morgan fingerprint density at radius 1 is 0.607 bits per heavy atom. The number of hydrogen-bond acceptors (Lipinski definition) is 12. The third-order valence-corrected chi connectivity index (χ3v) is 9.75. The molecule has 0 radical (unpaired) electrons. The van der Waals surface area contributed by atoms with Gasteiger partial charge in [0.1, 0.15) is 11.4 Å². The maximum atomic E-state index is 12.3. The number of carbonyl (C=O) groups excluding carboxylic acids is 1. The van der Waals surface area contributed by atoms with Crippen molar-refractivity contribution in [3.8, 4) is 0 Å². The molecular formula is C39H60N6O7S4. The van der Waals surface area contributed by atoms with Crippen LogP contribution in [0.5, 0.6) is 0 Å². The van der Waals surface area contributed by atoms with E-state index in [0.717, 1.165) is 32.5 Å². The molecule has 0 aromatic heterocycles. The minimum atomic E-state index is -3.92. The number of benzene rings is 4. The summed E-state index contributed by atoms with van der Waals surface area (Å²) in [5, 5.41) is 3.53. The van der Waals surface area contributed by atoms with Gasteiger partial charge < -0.3 is 34.0 Å². The monoisotopic (exact) mass is 852 g/mol. The van der Waals surface area contributed by atoms with Crippen molar-refractivity contribution in [2.24, 2.45) is 0 Å². The van der Waals surface area contributed by atoms with Gasteiger partial charge >= 0.3 is 0 Å². The van der Waals surface area contributed by atoms with E-state index in [1.54, 1.807) is 23.6 Å². The highest BCUT2D eigenvalue weighted by Gasteiger charge is 2.27. The van der Waals surface area contributed by atoms with Crippen molar-refractivity contribution in [1.82, 2.24) is 0 Å². The quantitative estimate of drug-likeness (QED) is 0.191. The van der Waals surface area contributed by atoms with Crippen molar-refractivity contribution < 1.29 is 40.5 Å². The average Bonchev–Trinajstić information content (AvgIpc) is 3.03. The molecule has 3 N–H and O–H groups in total. The van der Waals surface area contributed by atoms with Crippen LogP contribution in [0, 0.1) is 0 Å². The van der Waals surface area contributed by atoms with Crippen LogP contribution in [0.15, 0.2) is 92.4 Å². The summed E-state index contributed by atoms with van der Waals surface area (Å²) in [5.74, 6) is 0.0306. The Bertz CT molecular complexity index is 2000. The first kappa shape index (κ1) is 52.2. The maximum Gasteiger partial charge on any atom is 0.228 e. The maximum absolute atomic E-state index is 12.3. The number of nitrogens with one attached hydrogen (secondary N) is 3. The first-order valence-electron chi connectivity index (χ1n) is 16.2. The average molecular weight is 853 g/mol. The molecule has 2 aliphatic heterocycles. The molecule has 0 aliphatic carbocycles. The molecule has 2 heterocycles. The first-order chi connectivity index (χ1) is 24.4. The number of carbonyl (C=O) groups is 1. The first-order valence-corrected chi connectivity index (χ1v) is 21.5. The molecule has 312 valence electrons. The second-order valence-corrected chi connectivity index (χ2v) is 18.1. The van der Waals surface area contributed by atoms with E-state index in [4.69, 9.17) is 25.9 Å².